The molecule has 0 saturated carbocycles. The standard InChI is InChI=1S/C17H23N3O2S/c1-17(2,3)11-15-19-20-16(23-15)18-14(21)10-7-12-5-8-13(22-4)9-6-12/h5-6,8-9H,7,10-11H2,1-4H3,(H,18,20,21). The maximum Gasteiger partial charge on any atom is 0.226 e. The summed E-state index contributed by atoms with van der Waals surface area (Å²) in [7, 11) is 1.64. The van der Waals surface area contributed by atoms with Crippen molar-refractivity contribution in [2.45, 2.75) is 40.0 Å². The van der Waals surface area contributed by atoms with Gasteiger partial charge in [-0.25, -0.2) is 0 Å². The fourth-order valence-electron chi connectivity index (χ4n) is 2.06. The zero-order valence-electron chi connectivity index (χ0n) is 14.0. The number of hydrogen-bond acceptors (Lipinski definition) is 5. The molecule has 0 bridgehead atoms. The van der Waals surface area contributed by atoms with E-state index >= 15 is 0 Å². The minimum Gasteiger partial charge on any atom is -0.497 e. The lowest BCUT2D eigenvalue weighted by molar-refractivity contribution is -0.116. The highest BCUT2D eigenvalue weighted by molar-refractivity contribution is 7.15. The fraction of sp³-hybridized carbons (Fsp3) is 0.471. The largest absolute Gasteiger partial charge is 0.497 e. The lowest BCUT2D eigenvalue weighted by Gasteiger charge is -2.14. The number of benzene rings is 1. The summed E-state index contributed by atoms with van der Waals surface area (Å²) in [6, 6.07) is 7.74. The van der Waals surface area contributed by atoms with Crippen molar-refractivity contribution in [1.29, 1.82) is 0 Å². The molecule has 1 heterocycles. The van der Waals surface area contributed by atoms with Gasteiger partial charge in [0.15, 0.2) is 0 Å². The first kappa shape index (κ1) is 17.4. The normalized spacial score (nSPS) is 11.3. The van der Waals surface area contributed by atoms with E-state index in [9.17, 15) is 4.79 Å². The van der Waals surface area contributed by atoms with Crippen molar-refractivity contribution < 1.29 is 9.53 Å². The fourth-order valence-corrected chi connectivity index (χ4v) is 3.12. The predicted molar refractivity (Wildman–Crippen MR) is 93.0 cm³/mol. The van der Waals surface area contributed by atoms with Gasteiger partial charge in [-0.05, 0) is 29.5 Å². The molecule has 0 aliphatic rings. The van der Waals surface area contributed by atoms with Crippen molar-refractivity contribution in [2.75, 3.05) is 12.4 Å². The molecule has 0 unspecified atom stereocenters. The number of rotatable bonds is 6. The van der Waals surface area contributed by atoms with E-state index in [2.05, 4.69) is 36.3 Å². The number of anilines is 1. The van der Waals surface area contributed by atoms with Crippen LogP contribution in [0.5, 0.6) is 5.75 Å². The van der Waals surface area contributed by atoms with Crippen LogP contribution in [0.25, 0.3) is 0 Å². The lowest BCUT2D eigenvalue weighted by atomic mass is 9.93. The van der Waals surface area contributed by atoms with Crippen LogP contribution in [-0.2, 0) is 17.6 Å². The second-order valence-corrected chi connectivity index (χ2v) is 7.70. The average Bonchev–Trinajstić information content (AvgIpc) is 2.90. The molecule has 0 fully saturated rings. The number of nitrogens with one attached hydrogen (secondary N) is 1. The highest BCUT2D eigenvalue weighted by Gasteiger charge is 2.15. The summed E-state index contributed by atoms with van der Waals surface area (Å²) >= 11 is 1.44. The molecule has 1 aromatic heterocycles. The number of nitrogens with zero attached hydrogens (tertiary/aromatic N) is 2. The number of carbonyl (C=O) groups is 1. The average molecular weight is 333 g/mol. The molecule has 0 saturated heterocycles. The van der Waals surface area contributed by atoms with Gasteiger partial charge < -0.3 is 10.1 Å². The maximum absolute atomic E-state index is 12.0. The van der Waals surface area contributed by atoms with Crippen LogP contribution in [0.2, 0.25) is 0 Å². The van der Waals surface area contributed by atoms with E-state index in [1.54, 1.807) is 7.11 Å². The second kappa shape index (κ2) is 7.55. The Labute approximate surface area is 141 Å². The smallest absolute Gasteiger partial charge is 0.226 e. The van der Waals surface area contributed by atoms with E-state index in [4.69, 9.17) is 4.74 Å². The van der Waals surface area contributed by atoms with Crippen molar-refractivity contribution in [3.63, 3.8) is 0 Å². The molecular formula is C17H23N3O2S. The minimum absolute atomic E-state index is 0.0423. The zero-order chi connectivity index (χ0) is 16.9. The van der Waals surface area contributed by atoms with Crippen LogP contribution in [-0.4, -0.2) is 23.2 Å². The third-order valence-corrected chi connectivity index (χ3v) is 4.03. The topological polar surface area (TPSA) is 64.1 Å². The Hall–Kier alpha value is -1.95. The third kappa shape index (κ3) is 5.98. The number of methoxy groups -OCH3 is 1. The maximum atomic E-state index is 12.0. The highest BCUT2D eigenvalue weighted by atomic mass is 32.1. The Balaban J connectivity index is 1.82. The molecule has 5 nitrogen and oxygen atoms in total. The molecule has 1 amide bonds. The molecular weight excluding hydrogens is 310 g/mol. The summed E-state index contributed by atoms with van der Waals surface area (Å²) in [5.74, 6) is 0.776. The van der Waals surface area contributed by atoms with Crippen LogP contribution < -0.4 is 10.1 Å². The van der Waals surface area contributed by atoms with Gasteiger partial charge in [0.05, 0.1) is 7.11 Å². The molecule has 0 aliphatic carbocycles. The summed E-state index contributed by atoms with van der Waals surface area (Å²) in [5, 5.41) is 12.5. The van der Waals surface area contributed by atoms with Gasteiger partial charge in [-0.15, -0.1) is 10.2 Å². The van der Waals surface area contributed by atoms with Gasteiger partial charge in [0, 0.05) is 12.8 Å². The van der Waals surface area contributed by atoms with Crippen LogP contribution in [0.1, 0.15) is 37.8 Å². The molecule has 0 aliphatic heterocycles. The molecule has 1 N–H and O–H groups in total. The minimum atomic E-state index is -0.0423. The van der Waals surface area contributed by atoms with Crippen LogP contribution in [0, 0.1) is 5.41 Å². The summed E-state index contributed by atoms with van der Waals surface area (Å²) in [6.45, 7) is 6.46. The summed E-state index contributed by atoms with van der Waals surface area (Å²) < 4.78 is 5.12. The monoisotopic (exact) mass is 333 g/mol. The third-order valence-electron chi connectivity index (χ3n) is 3.19. The van der Waals surface area contributed by atoms with Crippen molar-refractivity contribution in [3.05, 3.63) is 34.8 Å². The molecule has 124 valence electrons. The lowest BCUT2D eigenvalue weighted by Crippen LogP contribution is -2.12. The molecule has 2 aromatic rings. The first-order chi connectivity index (χ1) is 10.9. The second-order valence-electron chi connectivity index (χ2n) is 6.63. The van der Waals surface area contributed by atoms with Gasteiger partial charge in [0.25, 0.3) is 0 Å². The number of ether oxygens (including phenoxy) is 1. The van der Waals surface area contributed by atoms with E-state index in [0.717, 1.165) is 22.7 Å². The molecule has 6 heteroatoms. The molecule has 23 heavy (non-hydrogen) atoms. The predicted octanol–water partition coefficient (Wildman–Crippen LogP) is 3.71. The van der Waals surface area contributed by atoms with E-state index in [1.165, 1.54) is 11.3 Å². The molecule has 0 radical (unpaired) electrons. The first-order valence-electron chi connectivity index (χ1n) is 7.61. The van der Waals surface area contributed by atoms with Gasteiger partial charge in [0.1, 0.15) is 10.8 Å². The van der Waals surface area contributed by atoms with Gasteiger partial charge >= 0.3 is 0 Å². The van der Waals surface area contributed by atoms with E-state index in [0.29, 0.717) is 18.0 Å². The highest BCUT2D eigenvalue weighted by Crippen LogP contribution is 2.24. The van der Waals surface area contributed by atoms with Crippen molar-refractivity contribution in [1.82, 2.24) is 10.2 Å². The quantitative estimate of drug-likeness (QED) is 0.875. The van der Waals surface area contributed by atoms with Crippen LogP contribution >= 0.6 is 11.3 Å². The van der Waals surface area contributed by atoms with Crippen molar-refractivity contribution >= 4 is 22.4 Å². The van der Waals surface area contributed by atoms with Gasteiger partial charge in [0.2, 0.25) is 11.0 Å². The first-order valence-corrected chi connectivity index (χ1v) is 8.42. The SMILES string of the molecule is COc1ccc(CCC(=O)Nc2nnc(CC(C)(C)C)s2)cc1. The Morgan fingerprint density at radius 3 is 2.52 bits per heavy atom. The van der Waals surface area contributed by atoms with E-state index in [-0.39, 0.29) is 11.3 Å². The number of aryl methyl sites for hydroxylation is 1. The van der Waals surface area contributed by atoms with E-state index in [1.807, 2.05) is 24.3 Å². The summed E-state index contributed by atoms with van der Waals surface area (Å²) in [6.07, 6.45) is 1.95. The molecule has 0 spiro atoms. The summed E-state index contributed by atoms with van der Waals surface area (Å²) in [5.41, 5.74) is 1.27. The Morgan fingerprint density at radius 2 is 1.91 bits per heavy atom. The Bertz CT molecular complexity index is 645. The summed E-state index contributed by atoms with van der Waals surface area (Å²) in [4.78, 5) is 12.0. The zero-order valence-corrected chi connectivity index (χ0v) is 14.9. The van der Waals surface area contributed by atoms with Crippen LogP contribution in [0.4, 0.5) is 5.13 Å². The molecule has 1 aromatic carbocycles. The number of aromatic nitrogens is 2. The van der Waals surface area contributed by atoms with Gasteiger partial charge in [-0.2, -0.15) is 0 Å². The van der Waals surface area contributed by atoms with Crippen LogP contribution in [0.3, 0.4) is 0 Å². The van der Waals surface area contributed by atoms with Crippen molar-refractivity contribution in [2.24, 2.45) is 5.41 Å². The van der Waals surface area contributed by atoms with Crippen LogP contribution in [0.15, 0.2) is 24.3 Å². The molecule has 0 atom stereocenters. The number of hydrogen-bond donors (Lipinski definition) is 1. The Kier molecular flexibility index (Phi) is 5.71. The Morgan fingerprint density at radius 1 is 1.22 bits per heavy atom. The van der Waals surface area contributed by atoms with E-state index < -0.39 is 0 Å². The van der Waals surface area contributed by atoms with Gasteiger partial charge in [-0.1, -0.05) is 44.2 Å². The van der Waals surface area contributed by atoms with Gasteiger partial charge in [-0.3, -0.25) is 4.79 Å². The number of carbonyl (C=O) groups excluding carboxylic acids is 1. The van der Waals surface area contributed by atoms with Crippen molar-refractivity contribution in [3.8, 4) is 5.75 Å². The number of amides is 1. The molecule has 2 rings (SSSR count).